The van der Waals surface area contributed by atoms with Crippen LogP contribution in [-0.2, 0) is 17.8 Å². The first-order valence-electron chi connectivity index (χ1n) is 6.68. The van der Waals surface area contributed by atoms with Gasteiger partial charge in [-0.1, -0.05) is 17.7 Å². The molecule has 1 aromatic heterocycles. The van der Waals surface area contributed by atoms with Crippen molar-refractivity contribution in [3.8, 4) is 0 Å². The molecular weight excluding hydrogens is 270 g/mol. The van der Waals surface area contributed by atoms with Crippen LogP contribution >= 0.6 is 0 Å². The van der Waals surface area contributed by atoms with Crippen molar-refractivity contribution in [1.29, 1.82) is 0 Å². The Balaban J connectivity index is 1.95. The number of imidazole rings is 1. The van der Waals surface area contributed by atoms with E-state index in [1.807, 2.05) is 13.0 Å². The molecule has 2 heterocycles. The third-order valence-electron chi connectivity index (χ3n) is 3.71. The number of H-pyrrole nitrogens is 1. The Labute approximate surface area is 121 Å². The maximum absolute atomic E-state index is 12.6. The fourth-order valence-electron chi connectivity index (χ4n) is 2.61. The average Bonchev–Trinajstić information content (AvgIpc) is 2.92. The van der Waals surface area contributed by atoms with Crippen LogP contribution in [0.5, 0.6) is 0 Å². The van der Waals surface area contributed by atoms with Gasteiger partial charge in [0.25, 0.3) is 5.91 Å². The first kappa shape index (κ1) is 13.4. The van der Waals surface area contributed by atoms with E-state index in [1.165, 1.54) is 11.2 Å². The molecule has 1 unspecified atom stereocenters. The summed E-state index contributed by atoms with van der Waals surface area (Å²) in [6.07, 6.45) is 1.76. The molecule has 0 radical (unpaired) electrons. The van der Waals surface area contributed by atoms with E-state index in [0.717, 1.165) is 17.0 Å². The Hall–Kier alpha value is -2.63. The van der Waals surface area contributed by atoms with Gasteiger partial charge in [-0.25, -0.2) is 9.78 Å². The molecule has 108 valence electrons. The fourth-order valence-corrected chi connectivity index (χ4v) is 2.61. The topological polar surface area (TPSA) is 86.3 Å². The van der Waals surface area contributed by atoms with Crippen LogP contribution in [-0.4, -0.2) is 37.9 Å². The molecule has 1 aliphatic rings. The summed E-state index contributed by atoms with van der Waals surface area (Å²) >= 11 is 0. The number of rotatable bonds is 2. The molecule has 1 amide bonds. The van der Waals surface area contributed by atoms with Gasteiger partial charge < -0.3 is 15.0 Å². The number of aromatic amines is 1. The van der Waals surface area contributed by atoms with E-state index in [2.05, 4.69) is 9.97 Å². The first-order valence-corrected chi connectivity index (χ1v) is 6.68. The summed E-state index contributed by atoms with van der Waals surface area (Å²) in [5.41, 5.74) is 2.99. The monoisotopic (exact) mass is 285 g/mol. The Morgan fingerprint density at radius 1 is 1.43 bits per heavy atom. The van der Waals surface area contributed by atoms with E-state index in [9.17, 15) is 14.7 Å². The van der Waals surface area contributed by atoms with Crippen molar-refractivity contribution in [1.82, 2.24) is 14.9 Å². The molecular formula is C15H15N3O3. The number of aromatic nitrogens is 2. The smallest absolute Gasteiger partial charge is 0.326 e. The van der Waals surface area contributed by atoms with Gasteiger partial charge >= 0.3 is 5.97 Å². The number of hydrogen-bond acceptors (Lipinski definition) is 3. The zero-order chi connectivity index (χ0) is 15.0. The van der Waals surface area contributed by atoms with Crippen molar-refractivity contribution in [3.05, 3.63) is 53.1 Å². The molecule has 2 N–H and O–H groups in total. The zero-order valence-electron chi connectivity index (χ0n) is 11.5. The molecule has 0 saturated heterocycles. The van der Waals surface area contributed by atoms with Crippen molar-refractivity contribution in [2.45, 2.75) is 25.9 Å². The number of fused-ring (bicyclic) bond motifs is 1. The number of benzene rings is 1. The molecule has 2 aromatic rings. The molecule has 1 aromatic carbocycles. The van der Waals surface area contributed by atoms with Crippen LogP contribution < -0.4 is 0 Å². The molecule has 1 atom stereocenters. The van der Waals surface area contributed by atoms with Crippen LogP contribution in [0.15, 0.2) is 30.6 Å². The third kappa shape index (κ3) is 2.40. The van der Waals surface area contributed by atoms with E-state index in [-0.39, 0.29) is 18.9 Å². The van der Waals surface area contributed by atoms with Gasteiger partial charge in [-0.2, -0.15) is 0 Å². The van der Waals surface area contributed by atoms with Crippen molar-refractivity contribution >= 4 is 11.9 Å². The summed E-state index contributed by atoms with van der Waals surface area (Å²) < 4.78 is 0. The van der Waals surface area contributed by atoms with E-state index in [1.54, 1.807) is 18.2 Å². The van der Waals surface area contributed by atoms with Crippen molar-refractivity contribution in [2.75, 3.05) is 0 Å². The molecule has 3 rings (SSSR count). The van der Waals surface area contributed by atoms with Crippen molar-refractivity contribution in [2.24, 2.45) is 0 Å². The summed E-state index contributed by atoms with van der Waals surface area (Å²) in [6, 6.07) is 6.28. The molecule has 0 bridgehead atoms. The van der Waals surface area contributed by atoms with Crippen LogP contribution in [0.25, 0.3) is 0 Å². The van der Waals surface area contributed by atoms with Gasteiger partial charge in [0.05, 0.1) is 24.3 Å². The summed E-state index contributed by atoms with van der Waals surface area (Å²) in [4.78, 5) is 32.6. The fraction of sp³-hybridized carbons (Fsp3) is 0.267. The number of aliphatic carboxylic acids is 1. The number of hydrogen-bond donors (Lipinski definition) is 2. The quantitative estimate of drug-likeness (QED) is 0.872. The largest absolute Gasteiger partial charge is 0.480 e. The molecule has 6 heteroatoms. The second kappa shape index (κ2) is 5.05. The minimum atomic E-state index is -1.01. The van der Waals surface area contributed by atoms with E-state index in [4.69, 9.17) is 0 Å². The summed E-state index contributed by atoms with van der Waals surface area (Å²) in [5, 5.41) is 9.39. The predicted octanol–water partition coefficient (Wildman–Crippen LogP) is 1.37. The second-order valence-corrected chi connectivity index (χ2v) is 5.19. The van der Waals surface area contributed by atoms with E-state index in [0.29, 0.717) is 5.56 Å². The van der Waals surface area contributed by atoms with E-state index < -0.39 is 12.0 Å². The van der Waals surface area contributed by atoms with Crippen LogP contribution in [0.3, 0.4) is 0 Å². The molecule has 0 saturated carbocycles. The average molecular weight is 285 g/mol. The Morgan fingerprint density at radius 2 is 2.24 bits per heavy atom. The molecule has 1 aliphatic heterocycles. The van der Waals surface area contributed by atoms with Gasteiger partial charge in [-0.05, 0) is 19.1 Å². The van der Waals surface area contributed by atoms with Crippen LogP contribution in [0.2, 0.25) is 0 Å². The maximum Gasteiger partial charge on any atom is 0.326 e. The molecule has 0 fully saturated rings. The minimum Gasteiger partial charge on any atom is -0.480 e. The normalized spacial score (nSPS) is 17.4. The number of aryl methyl sites for hydroxylation is 1. The van der Waals surface area contributed by atoms with Crippen LogP contribution in [0.1, 0.15) is 27.3 Å². The second-order valence-electron chi connectivity index (χ2n) is 5.19. The third-order valence-corrected chi connectivity index (χ3v) is 3.71. The maximum atomic E-state index is 12.6. The highest BCUT2D eigenvalue weighted by Crippen LogP contribution is 2.23. The van der Waals surface area contributed by atoms with Gasteiger partial charge in [0.2, 0.25) is 0 Å². The summed E-state index contributed by atoms with van der Waals surface area (Å²) in [5.74, 6) is -1.28. The van der Waals surface area contributed by atoms with Crippen molar-refractivity contribution in [3.63, 3.8) is 0 Å². The molecule has 0 spiro atoms. The van der Waals surface area contributed by atoms with E-state index >= 15 is 0 Å². The lowest BCUT2D eigenvalue weighted by atomic mass is 10.0. The van der Waals surface area contributed by atoms with Gasteiger partial charge in [-0.3, -0.25) is 4.79 Å². The number of carboxylic acid groups (broad SMARTS) is 1. The highest BCUT2D eigenvalue weighted by atomic mass is 16.4. The highest BCUT2D eigenvalue weighted by molar-refractivity contribution is 5.97. The number of amides is 1. The van der Waals surface area contributed by atoms with Gasteiger partial charge in [0.15, 0.2) is 0 Å². The predicted molar refractivity (Wildman–Crippen MR) is 74.8 cm³/mol. The number of nitrogens with zero attached hydrogens (tertiary/aromatic N) is 2. The number of carbonyl (C=O) groups excluding carboxylic acids is 1. The lowest BCUT2D eigenvalue weighted by Gasteiger charge is -2.32. The Bertz CT molecular complexity index is 708. The molecule has 21 heavy (non-hydrogen) atoms. The highest BCUT2D eigenvalue weighted by Gasteiger charge is 2.36. The van der Waals surface area contributed by atoms with Gasteiger partial charge in [0, 0.05) is 12.0 Å². The lowest BCUT2D eigenvalue weighted by molar-refractivity contribution is -0.142. The summed E-state index contributed by atoms with van der Waals surface area (Å²) in [7, 11) is 0. The first-order chi connectivity index (χ1) is 10.1. The summed E-state index contributed by atoms with van der Waals surface area (Å²) in [6.45, 7) is 2.13. The number of carboxylic acids is 1. The van der Waals surface area contributed by atoms with Crippen LogP contribution in [0, 0.1) is 6.92 Å². The minimum absolute atomic E-state index is 0.228. The molecule has 6 nitrogen and oxygen atoms in total. The van der Waals surface area contributed by atoms with Gasteiger partial charge in [-0.15, -0.1) is 0 Å². The molecule has 0 aliphatic carbocycles. The SMILES string of the molecule is Cc1cccc(C(=O)N2Cc3[nH]cnc3CC2C(=O)O)c1. The zero-order valence-corrected chi connectivity index (χ0v) is 11.5. The standard InChI is InChI=1S/C15H15N3O3/c1-9-3-2-4-10(5-9)14(19)18-7-12-11(16-8-17-12)6-13(18)15(20)21/h2-5,8,13H,6-7H2,1H3,(H,16,17)(H,20,21). The number of nitrogens with one attached hydrogen (secondary N) is 1. The van der Waals surface area contributed by atoms with Crippen molar-refractivity contribution < 1.29 is 14.7 Å². The lowest BCUT2D eigenvalue weighted by Crippen LogP contribution is -2.48. The number of carbonyl (C=O) groups is 2. The Kier molecular flexibility index (Phi) is 3.21. The Morgan fingerprint density at radius 3 is 2.95 bits per heavy atom. The van der Waals surface area contributed by atoms with Gasteiger partial charge in [0.1, 0.15) is 6.04 Å². The van der Waals surface area contributed by atoms with Crippen LogP contribution in [0.4, 0.5) is 0 Å².